The van der Waals surface area contributed by atoms with Crippen LogP contribution in [-0.4, -0.2) is 31.1 Å². The third-order valence-electron chi connectivity index (χ3n) is 1.82. The number of aromatic nitrogens is 2. The van der Waals surface area contributed by atoms with Crippen LogP contribution in [0.25, 0.3) is 0 Å². The number of unbranched alkanes of at least 4 members (excludes halogenated alkanes) is 2. The summed E-state index contributed by atoms with van der Waals surface area (Å²) in [6.45, 7) is 4.58. The molecule has 0 saturated heterocycles. The number of nitrogens with one attached hydrogen (secondary N) is 1. The Kier molecular flexibility index (Phi) is 13.0. The Labute approximate surface area is 98.1 Å². The van der Waals surface area contributed by atoms with Crippen molar-refractivity contribution in [1.82, 2.24) is 9.97 Å². The summed E-state index contributed by atoms with van der Waals surface area (Å²) in [5, 5.41) is 0. The second-order valence-corrected chi connectivity index (χ2v) is 7.50. The molecular formula is C11H22N2Sn. The van der Waals surface area contributed by atoms with Crippen LogP contribution >= 0.6 is 0 Å². The Bertz CT molecular complexity index is 141. The van der Waals surface area contributed by atoms with Gasteiger partial charge in [0.05, 0.1) is 6.33 Å². The van der Waals surface area contributed by atoms with E-state index in [0.717, 1.165) is 0 Å². The zero-order chi connectivity index (χ0) is 10.5. The maximum atomic E-state index is 3.67. The minimum atomic E-state index is 0.149. The number of nitrogens with zero attached hydrogens (tertiary/aromatic N) is 1. The molecule has 0 fully saturated rings. The van der Waals surface area contributed by atoms with Crippen LogP contribution in [0.3, 0.4) is 0 Å². The van der Waals surface area contributed by atoms with Crippen LogP contribution in [0.1, 0.15) is 39.5 Å². The van der Waals surface area contributed by atoms with E-state index in [0.29, 0.717) is 0 Å². The summed E-state index contributed by atoms with van der Waals surface area (Å²) in [6, 6.07) is 0. The van der Waals surface area contributed by atoms with Crippen molar-refractivity contribution in [3.63, 3.8) is 0 Å². The second-order valence-electron chi connectivity index (χ2n) is 3.22. The van der Waals surface area contributed by atoms with E-state index in [1.165, 1.54) is 25.7 Å². The van der Waals surface area contributed by atoms with Crippen LogP contribution in [0.4, 0.5) is 0 Å². The average Bonchev–Trinajstić information content (AvgIpc) is 2.76. The molecule has 0 bridgehead atoms. The molecule has 1 heterocycles. The average molecular weight is 301 g/mol. The summed E-state index contributed by atoms with van der Waals surface area (Å²) in [6.07, 6.45) is 10.9. The molecule has 1 N–H and O–H groups in total. The van der Waals surface area contributed by atoms with Gasteiger partial charge in [-0.3, -0.25) is 0 Å². The third-order valence-corrected chi connectivity index (χ3v) is 5.86. The molecule has 2 radical (unpaired) electrons. The van der Waals surface area contributed by atoms with Crippen molar-refractivity contribution in [3.05, 3.63) is 18.7 Å². The first-order valence-electron chi connectivity index (χ1n) is 5.55. The molecule has 0 unspecified atom stereocenters. The Hall–Kier alpha value is 0.00870. The molecule has 0 atom stereocenters. The molecule has 1 rings (SSSR count). The third kappa shape index (κ3) is 12.0. The topological polar surface area (TPSA) is 28.7 Å². The van der Waals surface area contributed by atoms with E-state index in [9.17, 15) is 0 Å². The van der Waals surface area contributed by atoms with Gasteiger partial charge in [-0.15, -0.1) is 0 Å². The second kappa shape index (κ2) is 13.0. The number of imidazole rings is 1. The molecule has 3 heteroatoms. The summed E-state index contributed by atoms with van der Waals surface area (Å²) in [5.41, 5.74) is 0. The van der Waals surface area contributed by atoms with Gasteiger partial charge >= 0.3 is 69.5 Å². The number of aromatic amines is 1. The van der Waals surface area contributed by atoms with Crippen molar-refractivity contribution in [2.75, 3.05) is 0 Å². The van der Waals surface area contributed by atoms with E-state index in [1.807, 2.05) is 0 Å². The predicted molar refractivity (Wildman–Crippen MR) is 63.8 cm³/mol. The van der Waals surface area contributed by atoms with E-state index in [-0.39, 0.29) is 21.1 Å². The fraction of sp³-hybridized carbons (Fsp3) is 0.727. The van der Waals surface area contributed by atoms with Gasteiger partial charge in [-0.25, -0.2) is 4.98 Å². The van der Waals surface area contributed by atoms with Crippen LogP contribution < -0.4 is 0 Å². The molecule has 0 spiro atoms. The number of H-pyrrole nitrogens is 1. The van der Waals surface area contributed by atoms with Gasteiger partial charge in [0.25, 0.3) is 0 Å². The van der Waals surface area contributed by atoms with Gasteiger partial charge in [0, 0.05) is 12.4 Å². The largest absolute Gasteiger partial charge is 0.351 e. The fourth-order valence-electron chi connectivity index (χ4n) is 0.944. The van der Waals surface area contributed by atoms with E-state index < -0.39 is 0 Å². The van der Waals surface area contributed by atoms with Gasteiger partial charge in [0.2, 0.25) is 0 Å². The zero-order valence-electron chi connectivity index (χ0n) is 9.42. The van der Waals surface area contributed by atoms with Crippen LogP contribution in [-0.2, 0) is 0 Å². The first-order chi connectivity index (χ1) is 6.91. The Morgan fingerprint density at radius 2 is 1.79 bits per heavy atom. The zero-order valence-corrected chi connectivity index (χ0v) is 12.3. The summed E-state index contributed by atoms with van der Waals surface area (Å²) in [4.78, 5) is 6.42. The molecule has 0 aliphatic heterocycles. The number of hydrogen-bond donors (Lipinski definition) is 1. The molecular weight excluding hydrogens is 279 g/mol. The molecule has 0 aliphatic rings. The molecule has 0 amide bonds. The Morgan fingerprint density at radius 1 is 1.14 bits per heavy atom. The van der Waals surface area contributed by atoms with E-state index in [1.54, 1.807) is 27.6 Å². The van der Waals surface area contributed by atoms with Crippen LogP contribution in [0.5, 0.6) is 0 Å². The van der Waals surface area contributed by atoms with Crippen molar-refractivity contribution in [3.8, 4) is 0 Å². The van der Waals surface area contributed by atoms with Crippen LogP contribution in [0.2, 0.25) is 8.87 Å². The van der Waals surface area contributed by atoms with Crippen LogP contribution in [0.15, 0.2) is 18.7 Å². The molecule has 2 nitrogen and oxygen atoms in total. The molecule has 0 saturated carbocycles. The first-order valence-corrected chi connectivity index (χ1v) is 9.58. The standard InChI is InChI=1S/2C4H9.C3H4N2.Sn/c2*1-3-4-2;1-2-5-3-4-1;/h2*1,3-4H2,2H3;1-3H,(H,4,5);. The van der Waals surface area contributed by atoms with Crippen molar-refractivity contribution < 1.29 is 0 Å². The summed E-state index contributed by atoms with van der Waals surface area (Å²) in [7, 11) is 0. The smallest absolute Gasteiger partial charge is 0.0919 e. The minimum Gasteiger partial charge on any atom is -0.351 e. The van der Waals surface area contributed by atoms with Gasteiger partial charge in [-0.1, -0.05) is 0 Å². The van der Waals surface area contributed by atoms with Gasteiger partial charge in [0.1, 0.15) is 0 Å². The SMILES string of the molecule is CCC[CH2][Sn][CH2]CCC.c1c[nH]cn1. The van der Waals surface area contributed by atoms with Gasteiger partial charge < -0.3 is 4.98 Å². The first kappa shape index (κ1) is 14.0. The quantitative estimate of drug-likeness (QED) is 0.632. The maximum Gasteiger partial charge on any atom is 0.0919 e. The molecule has 1 aromatic heterocycles. The van der Waals surface area contributed by atoms with Crippen molar-refractivity contribution >= 4 is 21.1 Å². The monoisotopic (exact) mass is 302 g/mol. The predicted octanol–water partition coefficient (Wildman–Crippen LogP) is 3.54. The molecule has 80 valence electrons. The van der Waals surface area contributed by atoms with Crippen molar-refractivity contribution in [2.45, 2.75) is 48.4 Å². The van der Waals surface area contributed by atoms with Gasteiger partial charge in [-0.05, 0) is 0 Å². The van der Waals surface area contributed by atoms with E-state index in [4.69, 9.17) is 0 Å². The summed E-state index contributed by atoms with van der Waals surface area (Å²) in [5.74, 6) is 0. The van der Waals surface area contributed by atoms with E-state index in [2.05, 4.69) is 23.8 Å². The van der Waals surface area contributed by atoms with Crippen LogP contribution in [0, 0.1) is 0 Å². The van der Waals surface area contributed by atoms with Crippen molar-refractivity contribution in [2.24, 2.45) is 0 Å². The van der Waals surface area contributed by atoms with E-state index >= 15 is 0 Å². The Morgan fingerprint density at radius 3 is 2.07 bits per heavy atom. The molecule has 1 aromatic rings. The van der Waals surface area contributed by atoms with Gasteiger partial charge in [0.15, 0.2) is 0 Å². The molecule has 0 aromatic carbocycles. The maximum absolute atomic E-state index is 3.67. The number of hydrogen-bond acceptors (Lipinski definition) is 1. The molecule has 0 aliphatic carbocycles. The Balaban J connectivity index is 0.000000280. The summed E-state index contributed by atoms with van der Waals surface area (Å²) >= 11 is 0.149. The summed E-state index contributed by atoms with van der Waals surface area (Å²) < 4.78 is 3.25. The molecule has 14 heavy (non-hydrogen) atoms. The normalized spacial score (nSPS) is 9.29. The van der Waals surface area contributed by atoms with Gasteiger partial charge in [-0.2, -0.15) is 0 Å². The minimum absolute atomic E-state index is 0.149. The van der Waals surface area contributed by atoms with Crippen molar-refractivity contribution in [1.29, 1.82) is 0 Å². The number of rotatable bonds is 6. The fourth-order valence-corrected chi connectivity index (χ4v) is 5.10.